The van der Waals surface area contributed by atoms with Crippen molar-refractivity contribution in [2.75, 3.05) is 21.3 Å². The maximum absolute atomic E-state index is 11.9. The Morgan fingerprint density at radius 3 is 2.50 bits per heavy atom. The van der Waals surface area contributed by atoms with Gasteiger partial charge < -0.3 is 18.8 Å². The van der Waals surface area contributed by atoms with Crippen molar-refractivity contribution in [3.8, 4) is 0 Å². The van der Waals surface area contributed by atoms with Crippen LogP contribution in [0.25, 0.3) is 11.8 Å². The largest absolute Gasteiger partial charge is 0.495 e. The van der Waals surface area contributed by atoms with Crippen molar-refractivity contribution in [2.24, 2.45) is 0 Å². The summed E-state index contributed by atoms with van der Waals surface area (Å²) in [7, 11) is 4.76. The summed E-state index contributed by atoms with van der Waals surface area (Å²) in [5.41, 5.74) is 2.25. The third kappa shape index (κ3) is 1.95. The van der Waals surface area contributed by atoms with Gasteiger partial charge in [0.05, 0.1) is 24.9 Å². The van der Waals surface area contributed by atoms with Crippen LogP contribution in [0.1, 0.15) is 16.8 Å². The van der Waals surface area contributed by atoms with E-state index in [4.69, 9.17) is 14.2 Å². The normalized spacial score (nSPS) is 13.1. The summed E-state index contributed by atoms with van der Waals surface area (Å²) in [4.78, 5) is 11.9. The molecule has 0 radical (unpaired) electrons. The van der Waals surface area contributed by atoms with Crippen LogP contribution in [-0.2, 0) is 20.8 Å². The Hall–Kier alpha value is -1.59. The van der Waals surface area contributed by atoms with E-state index < -0.39 is 0 Å². The number of fused-ring (bicyclic) bond motifs is 1. The lowest BCUT2D eigenvalue weighted by Gasteiger charge is -2.26. The first-order valence-corrected chi connectivity index (χ1v) is 5.68. The second kappa shape index (κ2) is 4.96. The fraction of sp³-hybridized carbons (Fsp3) is 0.462. The SMILES string of the molecule is COC1=Cc2c1n(CC(OC)OC)cc(C)c2=O. The monoisotopic (exact) mass is 251 g/mol. The predicted molar refractivity (Wildman–Crippen MR) is 68.1 cm³/mol. The molecular formula is C13H17NO4. The minimum atomic E-state index is -0.352. The Morgan fingerprint density at radius 1 is 1.28 bits per heavy atom. The molecule has 0 saturated heterocycles. The van der Waals surface area contributed by atoms with Crippen molar-refractivity contribution in [1.82, 2.24) is 4.57 Å². The van der Waals surface area contributed by atoms with Gasteiger partial charge in [0.25, 0.3) is 0 Å². The van der Waals surface area contributed by atoms with E-state index in [0.717, 1.165) is 5.69 Å². The van der Waals surface area contributed by atoms with Gasteiger partial charge in [-0.3, -0.25) is 4.79 Å². The van der Waals surface area contributed by atoms with Crippen LogP contribution >= 0.6 is 0 Å². The highest BCUT2D eigenvalue weighted by molar-refractivity contribution is 5.90. The van der Waals surface area contributed by atoms with Crippen molar-refractivity contribution in [2.45, 2.75) is 19.8 Å². The summed E-state index contributed by atoms with van der Waals surface area (Å²) >= 11 is 0. The first-order valence-electron chi connectivity index (χ1n) is 5.68. The van der Waals surface area contributed by atoms with Crippen molar-refractivity contribution in [3.05, 3.63) is 33.2 Å². The molecule has 98 valence electrons. The van der Waals surface area contributed by atoms with E-state index >= 15 is 0 Å². The highest BCUT2D eigenvalue weighted by Gasteiger charge is 2.25. The van der Waals surface area contributed by atoms with E-state index in [0.29, 0.717) is 23.4 Å². The van der Waals surface area contributed by atoms with E-state index in [1.54, 1.807) is 40.5 Å². The Balaban J connectivity index is 2.41. The maximum Gasteiger partial charge on any atom is 0.192 e. The Kier molecular flexibility index (Phi) is 3.54. The van der Waals surface area contributed by atoms with Gasteiger partial charge in [-0.2, -0.15) is 0 Å². The summed E-state index contributed by atoms with van der Waals surface area (Å²) < 4.78 is 17.5. The van der Waals surface area contributed by atoms with Gasteiger partial charge in [0.1, 0.15) is 5.76 Å². The topological polar surface area (TPSA) is 49.7 Å². The second-order valence-electron chi connectivity index (χ2n) is 4.17. The summed E-state index contributed by atoms with van der Waals surface area (Å²) in [6.45, 7) is 2.31. The number of pyridine rings is 1. The third-order valence-corrected chi connectivity index (χ3v) is 3.09. The standard InChI is InChI=1S/C13H17NO4/c1-8-6-14(7-11(17-3)18-4)12-9(13(8)15)5-10(12)16-2/h5-6,11H,7H2,1-4H3. The third-order valence-electron chi connectivity index (χ3n) is 3.09. The van der Waals surface area contributed by atoms with Crippen LogP contribution in [-0.4, -0.2) is 32.2 Å². The number of nitrogens with zero attached hydrogens (tertiary/aromatic N) is 1. The molecule has 1 aromatic heterocycles. The lowest BCUT2D eigenvalue weighted by molar-refractivity contribution is -0.111. The number of aryl methyl sites for hydroxylation is 1. The quantitative estimate of drug-likeness (QED) is 0.739. The number of aromatic nitrogens is 1. The molecule has 2 rings (SSSR count). The zero-order valence-electron chi connectivity index (χ0n) is 11.0. The molecule has 1 heterocycles. The van der Waals surface area contributed by atoms with E-state index in [-0.39, 0.29) is 11.7 Å². The number of hydrogen-bond donors (Lipinski definition) is 0. The van der Waals surface area contributed by atoms with Gasteiger partial charge in [-0.1, -0.05) is 0 Å². The Labute approximate surface area is 106 Å². The van der Waals surface area contributed by atoms with E-state index in [2.05, 4.69) is 0 Å². The van der Waals surface area contributed by atoms with Gasteiger partial charge in [-0.05, 0) is 13.0 Å². The molecule has 0 aliphatic heterocycles. The van der Waals surface area contributed by atoms with Gasteiger partial charge in [0, 0.05) is 26.0 Å². The second-order valence-corrected chi connectivity index (χ2v) is 4.17. The zero-order valence-corrected chi connectivity index (χ0v) is 11.0. The van der Waals surface area contributed by atoms with Crippen LogP contribution in [0.2, 0.25) is 0 Å². The summed E-state index contributed by atoms with van der Waals surface area (Å²) in [6.07, 6.45) is 3.21. The molecule has 0 unspecified atom stereocenters. The maximum atomic E-state index is 11.9. The van der Waals surface area contributed by atoms with Crippen LogP contribution in [0.3, 0.4) is 0 Å². The lowest BCUT2D eigenvalue weighted by Crippen LogP contribution is -2.29. The molecule has 0 saturated carbocycles. The van der Waals surface area contributed by atoms with Crippen LogP contribution in [0.4, 0.5) is 0 Å². The molecule has 0 spiro atoms. The van der Waals surface area contributed by atoms with Crippen LogP contribution in [0, 0.1) is 6.92 Å². The molecule has 0 bridgehead atoms. The molecule has 0 amide bonds. The summed E-state index contributed by atoms with van der Waals surface area (Å²) in [5, 5.41) is 0. The molecular weight excluding hydrogens is 234 g/mol. The molecule has 0 aromatic carbocycles. The van der Waals surface area contributed by atoms with Gasteiger partial charge in [-0.15, -0.1) is 0 Å². The fourth-order valence-electron chi connectivity index (χ4n) is 2.07. The van der Waals surface area contributed by atoms with Gasteiger partial charge in [-0.25, -0.2) is 0 Å². The zero-order chi connectivity index (χ0) is 13.3. The van der Waals surface area contributed by atoms with E-state index in [1.807, 2.05) is 4.57 Å². The van der Waals surface area contributed by atoms with Crippen molar-refractivity contribution < 1.29 is 14.2 Å². The number of hydrogen-bond acceptors (Lipinski definition) is 4. The van der Waals surface area contributed by atoms with Crippen LogP contribution < -0.4 is 5.43 Å². The highest BCUT2D eigenvalue weighted by atomic mass is 16.7. The lowest BCUT2D eigenvalue weighted by atomic mass is 9.98. The molecule has 0 fully saturated rings. The summed E-state index contributed by atoms with van der Waals surface area (Å²) in [6, 6.07) is 0. The highest BCUT2D eigenvalue weighted by Crippen LogP contribution is 2.30. The molecule has 18 heavy (non-hydrogen) atoms. The van der Waals surface area contributed by atoms with Gasteiger partial charge in [0.15, 0.2) is 11.7 Å². The number of methoxy groups -OCH3 is 3. The minimum Gasteiger partial charge on any atom is -0.495 e. The molecule has 1 aromatic rings. The average Bonchev–Trinajstić information content (AvgIpc) is 2.33. The minimum absolute atomic E-state index is 0.0495. The van der Waals surface area contributed by atoms with Crippen LogP contribution in [0.15, 0.2) is 11.0 Å². The van der Waals surface area contributed by atoms with Crippen LogP contribution in [0.5, 0.6) is 0 Å². The van der Waals surface area contributed by atoms with E-state index in [9.17, 15) is 4.79 Å². The molecule has 0 N–H and O–H groups in total. The predicted octanol–water partition coefficient (Wildman–Crippen LogP) is 1.23. The van der Waals surface area contributed by atoms with Gasteiger partial charge in [0.2, 0.25) is 0 Å². The first-order chi connectivity index (χ1) is 8.62. The molecule has 1 aliphatic carbocycles. The Bertz CT molecular complexity index is 541. The summed E-state index contributed by atoms with van der Waals surface area (Å²) in [5.74, 6) is 0.716. The van der Waals surface area contributed by atoms with Gasteiger partial charge >= 0.3 is 0 Å². The smallest absolute Gasteiger partial charge is 0.192 e. The Morgan fingerprint density at radius 2 is 1.94 bits per heavy atom. The molecule has 5 heteroatoms. The van der Waals surface area contributed by atoms with Crippen molar-refractivity contribution >= 4 is 11.8 Å². The molecule has 5 nitrogen and oxygen atoms in total. The number of rotatable bonds is 5. The van der Waals surface area contributed by atoms with Crippen molar-refractivity contribution in [1.29, 1.82) is 0 Å². The molecule has 0 atom stereocenters. The number of ether oxygens (including phenoxy) is 3. The molecule has 1 aliphatic rings. The fourth-order valence-corrected chi connectivity index (χ4v) is 2.07. The average molecular weight is 251 g/mol. The van der Waals surface area contributed by atoms with Crippen molar-refractivity contribution in [3.63, 3.8) is 0 Å². The first kappa shape index (κ1) is 12.9. The van der Waals surface area contributed by atoms with E-state index in [1.165, 1.54) is 0 Å².